The lowest BCUT2D eigenvalue weighted by molar-refractivity contribution is 0.666. The molecule has 0 bridgehead atoms. The summed E-state index contributed by atoms with van der Waals surface area (Å²) in [5, 5.41) is 7.09. The Balaban J connectivity index is 1.09. The molecule has 0 N–H and O–H groups in total. The van der Waals surface area contributed by atoms with Crippen LogP contribution in [0.4, 0.5) is 0 Å². The normalized spacial score (nSPS) is 11.9. The highest BCUT2D eigenvalue weighted by atomic mass is 16.3. The number of benzene rings is 9. The first kappa shape index (κ1) is 34.4. The van der Waals surface area contributed by atoms with E-state index in [0.29, 0.717) is 0 Å². The third-order valence-corrected chi connectivity index (χ3v) is 12.8. The van der Waals surface area contributed by atoms with Crippen molar-refractivity contribution in [1.29, 1.82) is 0 Å². The van der Waals surface area contributed by atoms with Crippen molar-refractivity contribution in [3.05, 3.63) is 205 Å². The number of nitrogens with zero attached hydrogens (tertiary/aromatic N) is 2. The Hall–Kier alpha value is -7.62. The molecule has 284 valence electrons. The van der Waals surface area contributed by atoms with Crippen molar-refractivity contribution in [3.8, 4) is 44.8 Å². The van der Waals surface area contributed by atoms with E-state index in [0.717, 1.165) is 44.3 Å². The van der Waals surface area contributed by atoms with Crippen LogP contribution in [0.25, 0.3) is 110 Å². The van der Waals surface area contributed by atoms with Gasteiger partial charge in [-0.1, -0.05) is 140 Å². The number of hydrogen-bond donors (Lipinski definition) is 0. The maximum atomic E-state index is 7.01. The fourth-order valence-electron chi connectivity index (χ4n) is 9.96. The van der Waals surface area contributed by atoms with Gasteiger partial charge in [-0.15, -0.1) is 0 Å². The molecule has 3 heterocycles. The highest BCUT2D eigenvalue weighted by Gasteiger charge is 2.22. The van der Waals surface area contributed by atoms with Crippen LogP contribution in [0.3, 0.4) is 0 Å². The summed E-state index contributed by atoms with van der Waals surface area (Å²) in [5.74, 6) is 0. The summed E-state index contributed by atoms with van der Waals surface area (Å²) in [6.45, 7) is 6.67. The Kier molecular flexibility index (Phi) is 7.58. The third-order valence-electron chi connectivity index (χ3n) is 12.8. The fraction of sp³-hybridized carbons (Fsp3) is 0.0526. The first-order chi connectivity index (χ1) is 29.5. The molecule has 3 nitrogen and oxygen atoms in total. The SMILES string of the molecule is Cc1ccccc1-c1ccc(-c2cccc(-c3ccc4oc5c(-n6c7ccccc7c7ccccc76)cc(-n6c7ccccc7c7ccccc76)cc5c4c3)c2C)cc1C. The molecule has 12 aromatic rings. The average Bonchev–Trinajstić information content (AvgIpc) is 3.94. The maximum absolute atomic E-state index is 7.01. The van der Waals surface area contributed by atoms with Gasteiger partial charge in [0.15, 0.2) is 5.58 Å². The molecule has 0 aliphatic carbocycles. The van der Waals surface area contributed by atoms with Crippen molar-refractivity contribution in [2.45, 2.75) is 20.8 Å². The molecule has 0 amide bonds. The zero-order chi connectivity index (χ0) is 40.1. The summed E-state index contributed by atoms with van der Waals surface area (Å²) < 4.78 is 11.8. The molecule has 0 atom stereocenters. The second-order valence-corrected chi connectivity index (χ2v) is 16.2. The van der Waals surface area contributed by atoms with E-state index < -0.39 is 0 Å². The molecule has 0 unspecified atom stereocenters. The van der Waals surface area contributed by atoms with Gasteiger partial charge in [-0.3, -0.25) is 0 Å². The van der Waals surface area contributed by atoms with Crippen molar-refractivity contribution in [3.63, 3.8) is 0 Å². The Morgan fingerprint density at radius 3 is 1.45 bits per heavy atom. The molecular weight excluding hydrogens is 729 g/mol. The van der Waals surface area contributed by atoms with E-state index in [-0.39, 0.29) is 0 Å². The minimum atomic E-state index is 0.867. The number of aromatic nitrogens is 2. The highest BCUT2D eigenvalue weighted by Crippen LogP contribution is 2.43. The Bertz CT molecular complexity index is 3600. The van der Waals surface area contributed by atoms with E-state index in [4.69, 9.17) is 4.42 Å². The summed E-state index contributed by atoms with van der Waals surface area (Å²) in [5.41, 5.74) is 19.7. The lowest BCUT2D eigenvalue weighted by Crippen LogP contribution is -1.99. The number of hydrogen-bond acceptors (Lipinski definition) is 1. The van der Waals surface area contributed by atoms with Gasteiger partial charge >= 0.3 is 0 Å². The van der Waals surface area contributed by atoms with Gasteiger partial charge in [-0.25, -0.2) is 0 Å². The predicted molar refractivity (Wildman–Crippen MR) is 253 cm³/mol. The van der Waals surface area contributed by atoms with Crippen molar-refractivity contribution in [2.24, 2.45) is 0 Å². The van der Waals surface area contributed by atoms with Crippen LogP contribution in [0, 0.1) is 20.8 Å². The Morgan fingerprint density at radius 2 is 0.850 bits per heavy atom. The molecule has 3 aromatic heterocycles. The van der Waals surface area contributed by atoms with Gasteiger partial charge in [0.05, 0.1) is 27.8 Å². The molecule has 0 saturated heterocycles. The summed E-state index contributed by atoms with van der Waals surface area (Å²) in [4.78, 5) is 0. The summed E-state index contributed by atoms with van der Waals surface area (Å²) in [7, 11) is 0. The highest BCUT2D eigenvalue weighted by molar-refractivity contribution is 6.15. The Labute approximate surface area is 348 Å². The van der Waals surface area contributed by atoms with Gasteiger partial charge in [0, 0.05) is 38.0 Å². The molecule has 0 aliphatic rings. The monoisotopic (exact) mass is 768 g/mol. The van der Waals surface area contributed by atoms with Crippen LogP contribution < -0.4 is 0 Å². The predicted octanol–water partition coefficient (Wildman–Crippen LogP) is 15.7. The number of aryl methyl sites for hydroxylation is 2. The molecule has 3 heteroatoms. The van der Waals surface area contributed by atoms with Crippen LogP contribution in [-0.4, -0.2) is 9.13 Å². The van der Waals surface area contributed by atoms with Gasteiger partial charge in [0.2, 0.25) is 0 Å². The van der Waals surface area contributed by atoms with E-state index in [2.05, 4.69) is 218 Å². The molecule has 0 aliphatic heterocycles. The van der Waals surface area contributed by atoms with Crippen LogP contribution in [0.2, 0.25) is 0 Å². The van der Waals surface area contributed by atoms with Crippen molar-refractivity contribution < 1.29 is 4.42 Å². The lowest BCUT2D eigenvalue weighted by atomic mass is 9.89. The van der Waals surface area contributed by atoms with E-state index in [1.807, 2.05) is 0 Å². The fourth-order valence-corrected chi connectivity index (χ4v) is 9.96. The van der Waals surface area contributed by atoms with E-state index in [1.165, 1.54) is 82.6 Å². The maximum Gasteiger partial charge on any atom is 0.159 e. The second kappa shape index (κ2) is 13.2. The Morgan fingerprint density at radius 1 is 0.350 bits per heavy atom. The first-order valence-corrected chi connectivity index (χ1v) is 20.8. The van der Waals surface area contributed by atoms with E-state index in [1.54, 1.807) is 0 Å². The zero-order valence-corrected chi connectivity index (χ0v) is 33.7. The van der Waals surface area contributed by atoms with E-state index >= 15 is 0 Å². The van der Waals surface area contributed by atoms with E-state index in [9.17, 15) is 0 Å². The molecule has 0 saturated carbocycles. The minimum Gasteiger partial charge on any atom is -0.454 e. The largest absolute Gasteiger partial charge is 0.454 e. The van der Waals surface area contributed by atoms with Gasteiger partial charge in [-0.05, 0) is 119 Å². The molecule has 12 rings (SSSR count). The van der Waals surface area contributed by atoms with Gasteiger partial charge in [-0.2, -0.15) is 0 Å². The number of rotatable bonds is 5. The van der Waals surface area contributed by atoms with Gasteiger partial charge in [0.25, 0.3) is 0 Å². The summed E-state index contributed by atoms with van der Waals surface area (Å²) >= 11 is 0. The summed E-state index contributed by atoms with van der Waals surface area (Å²) in [6.07, 6.45) is 0. The van der Waals surface area contributed by atoms with Crippen LogP contribution in [-0.2, 0) is 0 Å². The zero-order valence-electron chi connectivity index (χ0n) is 33.7. The molecule has 0 spiro atoms. The summed E-state index contributed by atoms with van der Waals surface area (Å²) in [6, 6.07) is 68.5. The van der Waals surface area contributed by atoms with Crippen molar-refractivity contribution in [1.82, 2.24) is 9.13 Å². The van der Waals surface area contributed by atoms with Crippen LogP contribution in [0.1, 0.15) is 16.7 Å². The smallest absolute Gasteiger partial charge is 0.159 e. The molecular formula is C57H40N2O. The first-order valence-electron chi connectivity index (χ1n) is 20.8. The van der Waals surface area contributed by atoms with Gasteiger partial charge in [0.1, 0.15) is 5.58 Å². The molecule has 60 heavy (non-hydrogen) atoms. The lowest BCUT2D eigenvalue weighted by Gasteiger charge is -2.15. The van der Waals surface area contributed by atoms with Crippen molar-refractivity contribution in [2.75, 3.05) is 0 Å². The number of para-hydroxylation sites is 4. The van der Waals surface area contributed by atoms with Crippen LogP contribution >= 0.6 is 0 Å². The molecule has 9 aromatic carbocycles. The standard InChI is InChI=1S/C57H40N2O/c1-35-15-4-5-16-41(35)42-29-27-38(31-36(42)2)43-21-14-22-44(37(43)3)39-28-30-56-49(32-39)50-33-40(58-51-23-10-6-17-45(51)46-18-7-11-24-52(46)58)34-55(57(50)60-56)59-53-25-12-8-19-47(53)48-20-9-13-26-54(48)59/h4-34H,1-3H3. The minimum absolute atomic E-state index is 0.867. The quantitative estimate of drug-likeness (QED) is 0.171. The second-order valence-electron chi connectivity index (χ2n) is 16.2. The topological polar surface area (TPSA) is 23.0 Å². The average molecular weight is 769 g/mol. The molecule has 0 fully saturated rings. The molecule has 0 radical (unpaired) electrons. The van der Waals surface area contributed by atoms with Gasteiger partial charge < -0.3 is 13.6 Å². The third kappa shape index (κ3) is 5.09. The number of fused-ring (bicyclic) bond motifs is 9. The van der Waals surface area contributed by atoms with Crippen molar-refractivity contribution >= 4 is 65.6 Å². The van der Waals surface area contributed by atoms with Crippen LogP contribution in [0.5, 0.6) is 0 Å². The number of furan rings is 1. The van der Waals surface area contributed by atoms with Crippen LogP contribution in [0.15, 0.2) is 192 Å².